The van der Waals surface area contributed by atoms with Gasteiger partial charge in [-0.3, -0.25) is 4.55 Å². The van der Waals surface area contributed by atoms with E-state index in [-0.39, 0.29) is 6.10 Å². The monoisotopic (exact) mass is 322 g/mol. The van der Waals surface area contributed by atoms with Crippen LogP contribution in [-0.2, 0) is 10.1 Å². The molecule has 0 radical (unpaired) electrons. The summed E-state index contributed by atoms with van der Waals surface area (Å²) in [6.07, 6.45) is 10.2. The van der Waals surface area contributed by atoms with Gasteiger partial charge >= 0.3 is 0 Å². The summed E-state index contributed by atoms with van der Waals surface area (Å²) < 4.78 is 31.9. The molecule has 0 aliphatic heterocycles. The molecule has 0 aliphatic rings. The van der Waals surface area contributed by atoms with Crippen LogP contribution < -0.4 is 0 Å². The first-order valence-electron chi connectivity index (χ1n) is 8.56. The Morgan fingerprint density at radius 2 is 1.24 bits per heavy atom. The minimum atomic E-state index is -3.95. The number of aliphatic hydroxyl groups excluding tert-OH is 1. The molecule has 5 heteroatoms. The van der Waals surface area contributed by atoms with Gasteiger partial charge in [-0.2, -0.15) is 8.42 Å². The van der Waals surface area contributed by atoms with Crippen LogP contribution in [0.2, 0.25) is 0 Å². The second kappa shape index (κ2) is 12.4. The molecule has 0 saturated carbocycles. The molecule has 128 valence electrons. The zero-order chi connectivity index (χ0) is 16.1. The van der Waals surface area contributed by atoms with Crippen LogP contribution in [-0.4, -0.2) is 29.4 Å². The van der Waals surface area contributed by atoms with Gasteiger partial charge in [0, 0.05) is 0 Å². The first-order valence-corrected chi connectivity index (χ1v) is 10.1. The minimum absolute atomic E-state index is 0.334. The standard InChI is InChI=1S/C16H34O4S/c1-3-5-7-9-11-15(17)12-10-14-16(21(18,19)20)13-8-6-4-2/h15-17H,3-14H2,1-2H3,(H,18,19,20). The van der Waals surface area contributed by atoms with E-state index in [1.165, 1.54) is 12.8 Å². The molecule has 0 amide bonds. The fourth-order valence-corrected chi connectivity index (χ4v) is 3.53. The molecule has 0 bridgehead atoms. The summed E-state index contributed by atoms with van der Waals surface area (Å²) in [5, 5.41) is 9.21. The molecule has 0 aromatic heterocycles. The van der Waals surface area contributed by atoms with Crippen molar-refractivity contribution >= 4 is 10.1 Å². The maximum absolute atomic E-state index is 11.3. The van der Waals surface area contributed by atoms with Crippen molar-refractivity contribution in [3.8, 4) is 0 Å². The number of hydrogen-bond acceptors (Lipinski definition) is 3. The SMILES string of the molecule is CCCCCCC(O)CCCC(CCCCC)S(=O)(=O)O. The van der Waals surface area contributed by atoms with Gasteiger partial charge in [0.15, 0.2) is 0 Å². The van der Waals surface area contributed by atoms with Gasteiger partial charge in [-0.1, -0.05) is 58.8 Å². The summed E-state index contributed by atoms with van der Waals surface area (Å²) in [6.45, 7) is 4.22. The fourth-order valence-electron chi connectivity index (χ4n) is 2.60. The van der Waals surface area contributed by atoms with E-state index in [4.69, 9.17) is 0 Å². The van der Waals surface area contributed by atoms with Gasteiger partial charge in [0.1, 0.15) is 0 Å². The zero-order valence-corrected chi connectivity index (χ0v) is 14.6. The van der Waals surface area contributed by atoms with Gasteiger partial charge in [0.25, 0.3) is 10.1 Å². The minimum Gasteiger partial charge on any atom is -0.393 e. The van der Waals surface area contributed by atoms with Gasteiger partial charge in [0.2, 0.25) is 0 Å². The number of rotatable bonds is 14. The van der Waals surface area contributed by atoms with Gasteiger partial charge in [0.05, 0.1) is 11.4 Å². The van der Waals surface area contributed by atoms with Crippen LogP contribution in [0.1, 0.15) is 90.9 Å². The van der Waals surface area contributed by atoms with Crippen molar-refractivity contribution < 1.29 is 18.1 Å². The Morgan fingerprint density at radius 3 is 1.81 bits per heavy atom. The molecule has 21 heavy (non-hydrogen) atoms. The third-order valence-corrected chi connectivity index (χ3v) is 5.32. The summed E-state index contributed by atoms with van der Waals surface area (Å²) in [6, 6.07) is 0. The Labute approximate surface area is 131 Å². The first kappa shape index (κ1) is 20.9. The van der Waals surface area contributed by atoms with Crippen molar-refractivity contribution in [2.45, 2.75) is 102 Å². The van der Waals surface area contributed by atoms with Crippen LogP contribution in [0.4, 0.5) is 0 Å². The molecule has 2 N–H and O–H groups in total. The lowest BCUT2D eigenvalue weighted by Gasteiger charge is -2.15. The van der Waals surface area contributed by atoms with Crippen molar-refractivity contribution in [2.24, 2.45) is 0 Å². The predicted octanol–water partition coefficient (Wildman–Crippen LogP) is 4.32. The molecule has 0 heterocycles. The molecule has 0 aromatic rings. The highest BCUT2D eigenvalue weighted by Crippen LogP contribution is 2.18. The Kier molecular flexibility index (Phi) is 12.3. The zero-order valence-electron chi connectivity index (χ0n) is 13.8. The van der Waals surface area contributed by atoms with Gasteiger partial charge < -0.3 is 5.11 Å². The average molecular weight is 323 g/mol. The van der Waals surface area contributed by atoms with Crippen LogP contribution in [0.15, 0.2) is 0 Å². The van der Waals surface area contributed by atoms with E-state index in [1.54, 1.807) is 0 Å². The highest BCUT2D eigenvalue weighted by molar-refractivity contribution is 7.86. The van der Waals surface area contributed by atoms with E-state index in [0.29, 0.717) is 25.7 Å². The van der Waals surface area contributed by atoms with Crippen LogP contribution in [0.5, 0.6) is 0 Å². The van der Waals surface area contributed by atoms with E-state index < -0.39 is 15.4 Å². The molecule has 0 fully saturated rings. The number of hydrogen-bond donors (Lipinski definition) is 2. The molecule has 0 saturated heterocycles. The molecular formula is C16H34O4S. The summed E-state index contributed by atoms with van der Waals surface area (Å²) in [7, 11) is -3.95. The maximum Gasteiger partial charge on any atom is 0.267 e. The lowest BCUT2D eigenvalue weighted by atomic mass is 10.0. The largest absolute Gasteiger partial charge is 0.393 e. The van der Waals surface area contributed by atoms with Gasteiger partial charge in [-0.05, 0) is 32.1 Å². The lowest BCUT2D eigenvalue weighted by molar-refractivity contribution is 0.147. The van der Waals surface area contributed by atoms with E-state index >= 15 is 0 Å². The van der Waals surface area contributed by atoms with E-state index in [2.05, 4.69) is 13.8 Å². The lowest BCUT2D eigenvalue weighted by Crippen LogP contribution is -2.21. The van der Waals surface area contributed by atoms with Crippen molar-refractivity contribution in [1.82, 2.24) is 0 Å². The Balaban J connectivity index is 3.91. The van der Waals surface area contributed by atoms with Crippen molar-refractivity contribution in [2.75, 3.05) is 0 Å². The van der Waals surface area contributed by atoms with Gasteiger partial charge in [-0.25, -0.2) is 0 Å². The first-order chi connectivity index (χ1) is 9.91. The smallest absolute Gasteiger partial charge is 0.267 e. The van der Waals surface area contributed by atoms with Crippen LogP contribution in [0, 0.1) is 0 Å². The Morgan fingerprint density at radius 1 is 0.762 bits per heavy atom. The van der Waals surface area contributed by atoms with Crippen molar-refractivity contribution in [3.63, 3.8) is 0 Å². The van der Waals surface area contributed by atoms with Crippen LogP contribution in [0.3, 0.4) is 0 Å². The summed E-state index contributed by atoms with van der Waals surface area (Å²) in [4.78, 5) is 0. The molecule has 4 nitrogen and oxygen atoms in total. The Bertz CT molecular complexity index is 327. The molecule has 0 rings (SSSR count). The number of aliphatic hydroxyl groups is 1. The van der Waals surface area contributed by atoms with Crippen molar-refractivity contribution in [3.05, 3.63) is 0 Å². The number of unbranched alkanes of at least 4 members (excludes halogenated alkanes) is 5. The van der Waals surface area contributed by atoms with E-state index in [0.717, 1.165) is 38.5 Å². The van der Waals surface area contributed by atoms with E-state index in [1.807, 2.05) is 0 Å². The van der Waals surface area contributed by atoms with Crippen LogP contribution in [0.25, 0.3) is 0 Å². The third kappa shape index (κ3) is 12.1. The third-order valence-electron chi connectivity index (χ3n) is 4.01. The second-order valence-electron chi connectivity index (χ2n) is 6.07. The fraction of sp³-hybridized carbons (Fsp3) is 1.00. The predicted molar refractivity (Wildman–Crippen MR) is 88.1 cm³/mol. The van der Waals surface area contributed by atoms with E-state index in [9.17, 15) is 18.1 Å². The molecule has 2 atom stereocenters. The highest BCUT2D eigenvalue weighted by atomic mass is 32.2. The molecular weight excluding hydrogens is 288 g/mol. The Hall–Kier alpha value is -0.130. The summed E-state index contributed by atoms with van der Waals surface area (Å²) in [5.41, 5.74) is 0. The molecule has 0 aromatic carbocycles. The molecule has 0 spiro atoms. The second-order valence-corrected chi connectivity index (χ2v) is 7.76. The molecule has 2 unspecified atom stereocenters. The topological polar surface area (TPSA) is 74.6 Å². The maximum atomic E-state index is 11.3. The summed E-state index contributed by atoms with van der Waals surface area (Å²) >= 11 is 0. The molecule has 0 aliphatic carbocycles. The van der Waals surface area contributed by atoms with Crippen molar-refractivity contribution in [1.29, 1.82) is 0 Å². The highest BCUT2D eigenvalue weighted by Gasteiger charge is 2.22. The summed E-state index contributed by atoms with van der Waals surface area (Å²) in [5.74, 6) is 0. The quantitative estimate of drug-likeness (QED) is 0.369. The average Bonchev–Trinajstić information content (AvgIpc) is 2.41. The van der Waals surface area contributed by atoms with Crippen LogP contribution >= 0.6 is 0 Å². The normalized spacial score (nSPS) is 15.0. The van der Waals surface area contributed by atoms with Gasteiger partial charge in [-0.15, -0.1) is 0 Å².